The molecular weight excluding hydrogens is 481 g/mol. The van der Waals surface area contributed by atoms with Gasteiger partial charge in [-0.3, -0.25) is 4.79 Å². The summed E-state index contributed by atoms with van der Waals surface area (Å²) in [5.41, 5.74) is 2.15. The number of aryl methyl sites for hydroxylation is 2. The van der Waals surface area contributed by atoms with E-state index in [9.17, 15) is 15.0 Å². The maximum absolute atomic E-state index is 12.5. The summed E-state index contributed by atoms with van der Waals surface area (Å²) in [5, 5.41) is 24.0. The third kappa shape index (κ3) is 8.16. The minimum Gasteiger partial charge on any atom is -0.392 e. The van der Waals surface area contributed by atoms with Crippen molar-refractivity contribution in [2.75, 3.05) is 0 Å². The number of aliphatic hydroxyl groups is 2. The number of Topliss-reactive ketones (excluding diaryl/α,β-unsaturated/α-hetero) is 1. The van der Waals surface area contributed by atoms with Crippen LogP contribution in [-0.2, 0) is 50.3 Å². The molecule has 167 valence electrons. The fourth-order valence-corrected chi connectivity index (χ4v) is 5.40. The number of rotatable bonds is 12. The first-order valence-corrected chi connectivity index (χ1v) is 12.3. The molecular formula is C26H35O3SY-. The topological polar surface area (TPSA) is 57.5 Å². The van der Waals surface area contributed by atoms with Gasteiger partial charge in [-0.25, -0.2) is 6.07 Å². The summed E-state index contributed by atoms with van der Waals surface area (Å²) in [7, 11) is 0. The summed E-state index contributed by atoms with van der Waals surface area (Å²) in [5.74, 6) is 0.241. The summed E-state index contributed by atoms with van der Waals surface area (Å²) in [6.07, 6.45) is 8.03. The van der Waals surface area contributed by atoms with Crippen molar-refractivity contribution >= 4 is 17.1 Å². The summed E-state index contributed by atoms with van der Waals surface area (Å²) in [6, 6.07) is 12.2. The van der Waals surface area contributed by atoms with E-state index in [2.05, 4.69) is 30.5 Å². The van der Waals surface area contributed by atoms with Crippen LogP contribution in [-0.4, -0.2) is 22.1 Å². The molecule has 1 aromatic carbocycles. The van der Waals surface area contributed by atoms with Crippen molar-refractivity contribution in [2.45, 2.75) is 83.3 Å². The molecule has 1 aliphatic carbocycles. The van der Waals surface area contributed by atoms with Crippen molar-refractivity contribution in [1.82, 2.24) is 0 Å². The maximum atomic E-state index is 12.5. The van der Waals surface area contributed by atoms with Crippen LogP contribution in [0.1, 0.15) is 80.4 Å². The predicted molar refractivity (Wildman–Crippen MR) is 123 cm³/mol. The number of thiophene rings is 1. The zero-order valence-electron chi connectivity index (χ0n) is 18.6. The molecule has 3 nitrogen and oxygen atoms in total. The quantitative estimate of drug-likeness (QED) is 0.282. The fraction of sp³-hybridized carbons (Fsp3) is 0.577. The normalized spacial score (nSPS) is 21.8. The van der Waals surface area contributed by atoms with Gasteiger partial charge in [0.2, 0.25) is 0 Å². The van der Waals surface area contributed by atoms with E-state index >= 15 is 0 Å². The molecule has 1 radical (unpaired) electrons. The van der Waals surface area contributed by atoms with Gasteiger partial charge in [-0.1, -0.05) is 63.3 Å². The molecule has 2 unspecified atom stereocenters. The fourth-order valence-electron chi connectivity index (χ4n) is 4.73. The SMILES string of the molecule is CCCCCC(O)c1cccc(CC[C@H]2C(=O)CC(O)[C@@H]2CCCc2cc[c-]s2)c1.[Y]. The van der Waals surface area contributed by atoms with Crippen molar-refractivity contribution in [3.63, 3.8) is 0 Å². The van der Waals surface area contributed by atoms with Crippen LogP contribution >= 0.6 is 11.3 Å². The molecule has 2 aromatic rings. The van der Waals surface area contributed by atoms with Gasteiger partial charge < -0.3 is 21.5 Å². The Hall–Kier alpha value is -0.386. The molecule has 0 bridgehead atoms. The van der Waals surface area contributed by atoms with E-state index < -0.39 is 12.2 Å². The van der Waals surface area contributed by atoms with E-state index in [-0.39, 0.29) is 50.3 Å². The Balaban J connectivity index is 0.00000341. The Labute approximate surface area is 216 Å². The average molecular weight is 517 g/mol. The Morgan fingerprint density at radius 2 is 2.00 bits per heavy atom. The molecule has 4 atom stereocenters. The first-order valence-electron chi connectivity index (χ1n) is 11.5. The van der Waals surface area contributed by atoms with Gasteiger partial charge in [0, 0.05) is 45.0 Å². The Bertz CT molecular complexity index is 777. The Kier molecular flexibility index (Phi) is 12.1. The third-order valence-electron chi connectivity index (χ3n) is 6.48. The molecule has 1 saturated carbocycles. The largest absolute Gasteiger partial charge is 0.392 e. The van der Waals surface area contributed by atoms with Gasteiger partial charge in [0.05, 0.1) is 12.2 Å². The zero-order chi connectivity index (χ0) is 21.3. The molecule has 0 spiro atoms. The molecule has 0 aliphatic heterocycles. The van der Waals surface area contributed by atoms with Gasteiger partial charge in [0.25, 0.3) is 0 Å². The van der Waals surface area contributed by atoms with E-state index in [0.717, 1.165) is 63.4 Å². The van der Waals surface area contributed by atoms with Gasteiger partial charge >= 0.3 is 0 Å². The molecule has 31 heavy (non-hydrogen) atoms. The van der Waals surface area contributed by atoms with Gasteiger partial charge in [-0.05, 0) is 42.7 Å². The second-order valence-corrected chi connectivity index (χ2v) is 9.68. The zero-order valence-corrected chi connectivity index (χ0v) is 22.3. The molecule has 1 fully saturated rings. The van der Waals surface area contributed by atoms with Crippen LogP contribution in [0.5, 0.6) is 0 Å². The predicted octanol–water partition coefficient (Wildman–Crippen LogP) is 5.68. The van der Waals surface area contributed by atoms with Crippen molar-refractivity contribution in [3.05, 3.63) is 57.8 Å². The first-order chi connectivity index (χ1) is 14.6. The maximum Gasteiger partial charge on any atom is 0.138 e. The van der Waals surface area contributed by atoms with Crippen molar-refractivity contribution in [3.8, 4) is 0 Å². The van der Waals surface area contributed by atoms with Gasteiger partial charge in [0.1, 0.15) is 5.78 Å². The van der Waals surface area contributed by atoms with Crippen LogP contribution in [0.25, 0.3) is 0 Å². The second-order valence-electron chi connectivity index (χ2n) is 8.72. The number of benzene rings is 1. The van der Waals surface area contributed by atoms with Gasteiger partial charge in [0.15, 0.2) is 0 Å². The molecule has 2 N–H and O–H groups in total. The molecule has 1 aromatic heterocycles. The first kappa shape index (κ1) is 26.9. The monoisotopic (exact) mass is 516 g/mol. The van der Waals surface area contributed by atoms with Crippen LogP contribution in [0.15, 0.2) is 36.4 Å². The number of unbranched alkanes of at least 4 members (excludes halogenated alkanes) is 2. The third-order valence-corrected chi connectivity index (χ3v) is 7.34. The second kappa shape index (κ2) is 14.0. The number of carbonyl (C=O) groups is 1. The molecule has 5 heteroatoms. The van der Waals surface area contributed by atoms with Crippen molar-refractivity contribution in [2.24, 2.45) is 11.8 Å². The van der Waals surface area contributed by atoms with Gasteiger partial charge in [-0.15, -0.1) is 10.3 Å². The van der Waals surface area contributed by atoms with E-state index in [1.807, 2.05) is 18.2 Å². The number of hydrogen-bond donors (Lipinski definition) is 2. The Morgan fingerprint density at radius 1 is 1.16 bits per heavy atom. The van der Waals surface area contributed by atoms with Crippen LogP contribution in [0.4, 0.5) is 0 Å². The Morgan fingerprint density at radius 3 is 2.74 bits per heavy atom. The van der Waals surface area contributed by atoms with E-state index in [0.29, 0.717) is 6.42 Å². The number of ketones is 1. The molecule has 1 heterocycles. The van der Waals surface area contributed by atoms with Crippen LogP contribution in [0.3, 0.4) is 0 Å². The van der Waals surface area contributed by atoms with Gasteiger partial charge in [-0.2, -0.15) is 6.07 Å². The van der Waals surface area contributed by atoms with E-state index in [1.54, 1.807) is 11.3 Å². The standard InChI is InChI=1S/C26H35O3S.Y/c1-2-3-4-13-24(27)20-9-5-8-19(17-20)14-15-23-22(25(28)18-26(23)29)12-6-10-21-11-7-16-30-21;/h5,7-9,11,17,22-25,27-28H,2-4,6,10,12-15,18H2,1H3;/q-1;/t22-,23-,24?,25?;/m1./s1. The van der Waals surface area contributed by atoms with Crippen molar-refractivity contribution in [1.29, 1.82) is 0 Å². The number of carbonyl (C=O) groups excluding carboxylic acids is 1. The van der Waals surface area contributed by atoms with E-state index in [1.165, 1.54) is 10.4 Å². The summed E-state index contributed by atoms with van der Waals surface area (Å²) < 4.78 is 0. The van der Waals surface area contributed by atoms with Crippen LogP contribution in [0.2, 0.25) is 0 Å². The van der Waals surface area contributed by atoms with Crippen molar-refractivity contribution < 1.29 is 47.7 Å². The minimum atomic E-state index is -0.496. The molecule has 3 rings (SSSR count). The smallest absolute Gasteiger partial charge is 0.138 e. The number of aliphatic hydroxyl groups excluding tert-OH is 2. The summed E-state index contributed by atoms with van der Waals surface area (Å²) >= 11 is 1.65. The molecule has 0 amide bonds. The summed E-state index contributed by atoms with van der Waals surface area (Å²) in [6.45, 7) is 2.17. The molecule has 0 saturated heterocycles. The van der Waals surface area contributed by atoms with Crippen LogP contribution in [0, 0.1) is 17.2 Å². The van der Waals surface area contributed by atoms with E-state index in [4.69, 9.17) is 0 Å². The summed E-state index contributed by atoms with van der Waals surface area (Å²) in [4.78, 5) is 13.8. The minimum absolute atomic E-state index is 0. The number of hydrogen-bond acceptors (Lipinski definition) is 4. The molecule has 1 aliphatic rings. The average Bonchev–Trinajstić information content (AvgIpc) is 3.35. The van der Waals surface area contributed by atoms with Crippen LogP contribution < -0.4 is 0 Å².